The number of hydrogen-bond acceptors (Lipinski definition) is 6. The average molecular weight is 306 g/mol. The van der Waals surface area contributed by atoms with Crippen LogP contribution in [-0.2, 0) is 14.8 Å². The van der Waals surface area contributed by atoms with E-state index in [1.807, 2.05) is 6.92 Å². The molecule has 1 aromatic heterocycles. The molecule has 108 valence electrons. The molecular weight excluding hydrogens is 288 g/mol. The van der Waals surface area contributed by atoms with Crippen LogP contribution in [0.2, 0.25) is 0 Å². The van der Waals surface area contributed by atoms with Gasteiger partial charge in [-0.05, 0) is 19.0 Å². The van der Waals surface area contributed by atoms with E-state index in [0.29, 0.717) is 13.1 Å². The number of thiophene rings is 1. The van der Waals surface area contributed by atoms with Crippen LogP contribution in [0, 0.1) is 0 Å². The molecule has 8 heteroatoms. The minimum absolute atomic E-state index is 0.0911. The molecule has 0 fully saturated rings. The van der Waals surface area contributed by atoms with E-state index >= 15 is 0 Å². The number of esters is 1. The zero-order valence-electron chi connectivity index (χ0n) is 10.9. The van der Waals surface area contributed by atoms with Gasteiger partial charge in [-0.2, -0.15) is 0 Å². The highest BCUT2D eigenvalue weighted by Gasteiger charge is 2.18. The Morgan fingerprint density at radius 2 is 2.11 bits per heavy atom. The fraction of sp³-hybridized carbons (Fsp3) is 0.545. The van der Waals surface area contributed by atoms with Crippen LogP contribution in [0.5, 0.6) is 0 Å². The molecule has 0 bridgehead atoms. The molecule has 0 saturated carbocycles. The minimum Gasteiger partial charge on any atom is -0.465 e. The summed E-state index contributed by atoms with van der Waals surface area (Å²) in [5.41, 5.74) is 0. The number of ether oxygens (including phenoxy) is 1. The molecule has 19 heavy (non-hydrogen) atoms. The highest BCUT2D eigenvalue weighted by atomic mass is 32.2. The number of hydrogen-bond donors (Lipinski definition) is 2. The first-order valence-electron chi connectivity index (χ1n) is 5.88. The summed E-state index contributed by atoms with van der Waals surface area (Å²) in [4.78, 5) is 11.6. The minimum atomic E-state index is -3.56. The molecule has 0 amide bonds. The van der Waals surface area contributed by atoms with Crippen molar-refractivity contribution < 1.29 is 17.9 Å². The van der Waals surface area contributed by atoms with E-state index in [4.69, 9.17) is 0 Å². The molecule has 1 heterocycles. The number of sulfonamides is 1. The third-order valence-corrected chi connectivity index (χ3v) is 4.79. The van der Waals surface area contributed by atoms with Gasteiger partial charge < -0.3 is 10.1 Å². The van der Waals surface area contributed by atoms with Gasteiger partial charge in [0, 0.05) is 18.5 Å². The van der Waals surface area contributed by atoms with Gasteiger partial charge >= 0.3 is 5.97 Å². The van der Waals surface area contributed by atoms with Crippen molar-refractivity contribution in [3.63, 3.8) is 0 Å². The summed E-state index contributed by atoms with van der Waals surface area (Å²) in [6.07, 6.45) is 1.000. The Morgan fingerprint density at radius 1 is 1.37 bits per heavy atom. The normalized spacial score (nSPS) is 11.5. The SMILES string of the molecule is CCCNCCNS(=O)(=O)c1csc(C(=O)OC)c1. The molecule has 1 rings (SSSR count). The van der Waals surface area contributed by atoms with Gasteiger partial charge in [0.25, 0.3) is 0 Å². The lowest BCUT2D eigenvalue weighted by Gasteiger charge is -2.05. The van der Waals surface area contributed by atoms with Crippen LogP contribution in [0.15, 0.2) is 16.3 Å². The summed E-state index contributed by atoms with van der Waals surface area (Å²) < 4.78 is 30.8. The van der Waals surface area contributed by atoms with Crippen LogP contribution >= 0.6 is 11.3 Å². The molecule has 0 atom stereocenters. The Balaban J connectivity index is 2.57. The fourth-order valence-corrected chi connectivity index (χ4v) is 3.55. The fourth-order valence-electron chi connectivity index (χ4n) is 1.33. The van der Waals surface area contributed by atoms with E-state index in [1.54, 1.807) is 0 Å². The van der Waals surface area contributed by atoms with Crippen LogP contribution in [-0.4, -0.2) is 41.1 Å². The molecular formula is C11H18N2O4S2. The molecule has 0 aromatic carbocycles. The first-order chi connectivity index (χ1) is 9.01. The van der Waals surface area contributed by atoms with E-state index in [2.05, 4.69) is 14.8 Å². The second-order valence-electron chi connectivity index (χ2n) is 3.79. The third kappa shape index (κ3) is 4.90. The lowest BCUT2D eigenvalue weighted by molar-refractivity contribution is 0.0606. The van der Waals surface area contributed by atoms with E-state index in [1.165, 1.54) is 18.6 Å². The van der Waals surface area contributed by atoms with Gasteiger partial charge in [-0.15, -0.1) is 11.3 Å². The smallest absolute Gasteiger partial charge is 0.348 e. The van der Waals surface area contributed by atoms with Crippen molar-refractivity contribution in [1.82, 2.24) is 10.0 Å². The van der Waals surface area contributed by atoms with Crippen molar-refractivity contribution >= 4 is 27.3 Å². The Kier molecular flexibility index (Phi) is 6.43. The number of rotatable bonds is 8. The molecule has 0 radical (unpaired) electrons. The maximum atomic E-state index is 11.9. The molecule has 6 nitrogen and oxygen atoms in total. The largest absolute Gasteiger partial charge is 0.465 e. The third-order valence-electron chi connectivity index (χ3n) is 2.29. The summed E-state index contributed by atoms with van der Waals surface area (Å²) in [6, 6.07) is 1.32. The summed E-state index contributed by atoms with van der Waals surface area (Å²) in [5, 5.41) is 4.52. The average Bonchev–Trinajstić information content (AvgIpc) is 2.88. The second kappa shape index (κ2) is 7.59. The van der Waals surface area contributed by atoms with E-state index in [-0.39, 0.29) is 9.77 Å². The molecule has 0 aliphatic heterocycles. The quantitative estimate of drug-likeness (QED) is 0.548. The van der Waals surface area contributed by atoms with Gasteiger partial charge in [0.05, 0.1) is 12.0 Å². The van der Waals surface area contributed by atoms with Crippen molar-refractivity contribution in [2.75, 3.05) is 26.7 Å². The molecule has 1 aromatic rings. The molecule has 0 unspecified atom stereocenters. The molecule has 0 saturated heterocycles. The second-order valence-corrected chi connectivity index (χ2v) is 6.46. The van der Waals surface area contributed by atoms with E-state index < -0.39 is 16.0 Å². The topological polar surface area (TPSA) is 84.5 Å². The number of carbonyl (C=O) groups is 1. The summed E-state index contributed by atoms with van der Waals surface area (Å²) in [6.45, 7) is 3.77. The van der Waals surface area contributed by atoms with Gasteiger partial charge in [0.15, 0.2) is 0 Å². The van der Waals surface area contributed by atoms with E-state index in [9.17, 15) is 13.2 Å². The van der Waals surface area contributed by atoms with Gasteiger partial charge in [-0.25, -0.2) is 17.9 Å². The van der Waals surface area contributed by atoms with Crippen molar-refractivity contribution in [2.24, 2.45) is 0 Å². The Hall–Kier alpha value is -0.960. The lowest BCUT2D eigenvalue weighted by atomic mass is 10.5. The first kappa shape index (κ1) is 16.1. The summed E-state index contributed by atoms with van der Waals surface area (Å²) in [5.74, 6) is -0.531. The van der Waals surface area contributed by atoms with Crippen LogP contribution in [0.25, 0.3) is 0 Å². The molecule has 2 N–H and O–H groups in total. The predicted molar refractivity (Wildman–Crippen MR) is 74.0 cm³/mol. The summed E-state index contributed by atoms with van der Waals surface area (Å²) in [7, 11) is -2.30. The van der Waals surface area contributed by atoms with Crippen molar-refractivity contribution in [1.29, 1.82) is 0 Å². The van der Waals surface area contributed by atoms with Gasteiger partial charge in [0.2, 0.25) is 10.0 Å². The summed E-state index contributed by atoms with van der Waals surface area (Å²) >= 11 is 1.05. The standard InChI is InChI=1S/C11H18N2O4S2/c1-3-4-12-5-6-13-19(15,16)9-7-10(18-8-9)11(14)17-2/h7-8,12-13H,3-6H2,1-2H3. The van der Waals surface area contributed by atoms with Gasteiger partial charge in [0.1, 0.15) is 4.88 Å². The van der Waals surface area contributed by atoms with Crippen LogP contribution < -0.4 is 10.0 Å². The Labute approximate surface area is 117 Å². The van der Waals surface area contributed by atoms with Crippen molar-refractivity contribution in [2.45, 2.75) is 18.2 Å². The predicted octanol–water partition coefficient (Wildman–Crippen LogP) is 0.813. The van der Waals surface area contributed by atoms with E-state index in [0.717, 1.165) is 24.3 Å². The molecule has 0 aliphatic rings. The molecule has 0 spiro atoms. The van der Waals surface area contributed by atoms with Gasteiger partial charge in [-0.1, -0.05) is 6.92 Å². The van der Waals surface area contributed by atoms with Crippen LogP contribution in [0.4, 0.5) is 0 Å². The maximum Gasteiger partial charge on any atom is 0.348 e. The zero-order valence-corrected chi connectivity index (χ0v) is 12.6. The van der Waals surface area contributed by atoms with Crippen molar-refractivity contribution in [3.8, 4) is 0 Å². The van der Waals surface area contributed by atoms with Crippen molar-refractivity contribution in [3.05, 3.63) is 16.3 Å². The highest BCUT2D eigenvalue weighted by molar-refractivity contribution is 7.89. The molecule has 0 aliphatic carbocycles. The zero-order chi connectivity index (χ0) is 14.3. The Morgan fingerprint density at radius 3 is 2.74 bits per heavy atom. The monoisotopic (exact) mass is 306 g/mol. The Bertz CT molecular complexity index is 511. The van der Waals surface area contributed by atoms with Crippen LogP contribution in [0.1, 0.15) is 23.0 Å². The number of nitrogens with one attached hydrogen (secondary N) is 2. The number of carbonyl (C=O) groups excluding carboxylic acids is 1. The van der Waals surface area contributed by atoms with Gasteiger partial charge in [-0.3, -0.25) is 0 Å². The highest BCUT2D eigenvalue weighted by Crippen LogP contribution is 2.19. The lowest BCUT2D eigenvalue weighted by Crippen LogP contribution is -2.32. The first-order valence-corrected chi connectivity index (χ1v) is 8.24. The number of methoxy groups -OCH3 is 1. The van der Waals surface area contributed by atoms with Crippen LogP contribution in [0.3, 0.4) is 0 Å². The maximum absolute atomic E-state index is 11.9.